The number of hydrogen-bond acceptors (Lipinski definition) is 7. The fraction of sp³-hybridized carbons (Fsp3) is 0.486. The number of aliphatic hydroxyl groups is 1. The third-order valence-electron chi connectivity index (χ3n) is 7.30. The Morgan fingerprint density at radius 2 is 1.16 bits per heavy atom. The molecule has 1 saturated heterocycles. The lowest BCUT2D eigenvalue weighted by molar-refractivity contribution is -0.326. The van der Waals surface area contributed by atoms with Crippen molar-refractivity contribution < 1.29 is 33.5 Å². The molecule has 43 heavy (non-hydrogen) atoms. The molecule has 5 atom stereocenters. The monoisotopic (exact) mass is 608 g/mol. The molecule has 1 aliphatic rings. The maximum absolute atomic E-state index is 9.51. The van der Waals surface area contributed by atoms with Gasteiger partial charge in [0.1, 0.15) is 24.4 Å². The van der Waals surface area contributed by atoms with Crippen LogP contribution in [0.5, 0.6) is 0 Å². The first kappa shape index (κ1) is 33.5. The molecular formula is C35H48O7Si. The molecule has 0 spiro atoms. The third-order valence-corrected chi connectivity index (χ3v) is 9.01. The predicted octanol–water partition coefficient (Wildman–Crippen LogP) is 6.22. The molecule has 3 aromatic carbocycles. The molecule has 1 heterocycles. The number of rotatable bonds is 18. The van der Waals surface area contributed by atoms with Crippen molar-refractivity contribution in [2.75, 3.05) is 26.4 Å². The molecule has 0 aliphatic carbocycles. The molecule has 1 fully saturated rings. The van der Waals surface area contributed by atoms with Crippen molar-refractivity contribution in [3.63, 3.8) is 0 Å². The lowest BCUT2D eigenvalue weighted by Gasteiger charge is -2.46. The normalized spacial score (nSPS) is 22.5. The molecule has 4 rings (SSSR count). The van der Waals surface area contributed by atoms with Gasteiger partial charge in [-0.1, -0.05) is 111 Å². The van der Waals surface area contributed by atoms with Crippen LogP contribution in [0.25, 0.3) is 0 Å². The summed E-state index contributed by atoms with van der Waals surface area (Å²) in [6, 6.07) is 31.2. The van der Waals surface area contributed by atoms with Gasteiger partial charge in [0.05, 0.1) is 26.4 Å². The fourth-order valence-corrected chi connectivity index (χ4v) is 5.61. The number of ether oxygens (including phenoxy) is 6. The summed E-state index contributed by atoms with van der Waals surface area (Å²) < 4.78 is 39.0. The molecular weight excluding hydrogens is 560 g/mol. The van der Waals surface area contributed by atoms with Crippen molar-refractivity contribution >= 4 is 8.07 Å². The maximum Gasteiger partial charge on any atom is 0.186 e. The molecule has 0 unspecified atom stereocenters. The Labute approximate surface area is 258 Å². The minimum Gasteiger partial charge on any atom is -0.396 e. The smallest absolute Gasteiger partial charge is 0.186 e. The Kier molecular flexibility index (Phi) is 13.8. The first-order chi connectivity index (χ1) is 20.9. The first-order valence-electron chi connectivity index (χ1n) is 15.4. The van der Waals surface area contributed by atoms with Crippen LogP contribution in [0.2, 0.25) is 25.7 Å². The fourth-order valence-electron chi connectivity index (χ4n) is 4.88. The van der Waals surface area contributed by atoms with Gasteiger partial charge in [-0.15, -0.1) is 0 Å². The minimum absolute atomic E-state index is 0.0364. The van der Waals surface area contributed by atoms with Crippen LogP contribution in [0.3, 0.4) is 0 Å². The standard InChI is InChI=1S/C35H48O7Si/c1-43(2,3)23-22-39-35-34(41-26-30-18-11-6-12-19-30)33(40-25-29-16-9-5-10-17-29)32(38-21-13-20-36)31(42-35)27-37-24-28-14-7-4-8-15-28/h4-12,14-19,31-36H,13,20-27H2,1-3H3/t31-,32-,33+,34-,35-/m1/s1. The largest absolute Gasteiger partial charge is 0.396 e. The highest BCUT2D eigenvalue weighted by Gasteiger charge is 2.49. The lowest BCUT2D eigenvalue weighted by Crippen LogP contribution is -2.62. The van der Waals surface area contributed by atoms with E-state index in [0.29, 0.717) is 46.1 Å². The molecule has 1 N–H and O–H groups in total. The highest BCUT2D eigenvalue weighted by atomic mass is 28.3. The summed E-state index contributed by atoms with van der Waals surface area (Å²) in [5, 5.41) is 9.51. The Hall–Kier alpha value is -2.40. The molecule has 8 heteroatoms. The Bertz CT molecular complexity index is 1140. The number of benzene rings is 3. The highest BCUT2D eigenvalue weighted by molar-refractivity contribution is 6.76. The second-order valence-corrected chi connectivity index (χ2v) is 17.8. The summed E-state index contributed by atoms with van der Waals surface area (Å²) in [7, 11) is -1.35. The van der Waals surface area contributed by atoms with Crippen LogP contribution in [0.4, 0.5) is 0 Å². The molecule has 0 saturated carbocycles. The quantitative estimate of drug-likeness (QED) is 0.136. The zero-order chi connectivity index (χ0) is 30.3. The van der Waals surface area contributed by atoms with Crippen molar-refractivity contribution in [2.45, 2.75) is 82.6 Å². The van der Waals surface area contributed by atoms with Crippen LogP contribution >= 0.6 is 0 Å². The van der Waals surface area contributed by atoms with Crippen molar-refractivity contribution in [2.24, 2.45) is 0 Å². The third kappa shape index (κ3) is 11.6. The van der Waals surface area contributed by atoms with Crippen LogP contribution in [0, 0.1) is 0 Å². The van der Waals surface area contributed by atoms with E-state index in [4.69, 9.17) is 28.4 Å². The molecule has 234 valence electrons. The van der Waals surface area contributed by atoms with Gasteiger partial charge in [0.2, 0.25) is 0 Å². The van der Waals surface area contributed by atoms with Crippen molar-refractivity contribution in [1.82, 2.24) is 0 Å². The number of aliphatic hydroxyl groups excluding tert-OH is 1. The summed E-state index contributed by atoms with van der Waals surface area (Å²) in [5.74, 6) is 0. The predicted molar refractivity (Wildman–Crippen MR) is 170 cm³/mol. The van der Waals surface area contributed by atoms with Crippen LogP contribution in [0.15, 0.2) is 91.0 Å². The van der Waals surface area contributed by atoms with Crippen molar-refractivity contribution in [3.05, 3.63) is 108 Å². The van der Waals surface area contributed by atoms with Gasteiger partial charge in [-0.25, -0.2) is 0 Å². The zero-order valence-electron chi connectivity index (χ0n) is 25.8. The van der Waals surface area contributed by atoms with Gasteiger partial charge >= 0.3 is 0 Å². The Balaban J connectivity index is 1.59. The van der Waals surface area contributed by atoms with Crippen LogP contribution in [-0.4, -0.2) is 70.3 Å². The van der Waals surface area contributed by atoms with E-state index in [1.54, 1.807) is 0 Å². The lowest BCUT2D eigenvalue weighted by atomic mass is 9.98. The molecule has 3 aromatic rings. The summed E-state index contributed by atoms with van der Waals surface area (Å²) >= 11 is 0. The summed E-state index contributed by atoms with van der Waals surface area (Å²) in [6.45, 7) is 9.48. The summed E-state index contributed by atoms with van der Waals surface area (Å²) in [6.07, 6.45) is -2.16. The van der Waals surface area contributed by atoms with E-state index in [1.165, 1.54) is 0 Å². The van der Waals surface area contributed by atoms with E-state index in [2.05, 4.69) is 19.6 Å². The Morgan fingerprint density at radius 3 is 1.70 bits per heavy atom. The average molecular weight is 609 g/mol. The minimum atomic E-state index is -1.35. The van der Waals surface area contributed by atoms with Crippen LogP contribution in [-0.2, 0) is 48.2 Å². The second-order valence-electron chi connectivity index (χ2n) is 12.2. The van der Waals surface area contributed by atoms with Crippen molar-refractivity contribution in [1.29, 1.82) is 0 Å². The SMILES string of the molecule is C[Si](C)(C)CCO[C@@H]1O[C@H](COCc2ccccc2)[C@@H](OCCCO)[C@H](OCc2ccccc2)[C@H]1OCc1ccccc1. The average Bonchev–Trinajstić information content (AvgIpc) is 3.01. The van der Waals surface area contributed by atoms with E-state index in [1.807, 2.05) is 91.0 Å². The van der Waals surface area contributed by atoms with Crippen molar-refractivity contribution in [3.8, 4) is 0 Å². The van der Waals surface area contributed by atoms with Gasteiger partial charge in [-0.2, -0.15) is 0 Å². The van der Waals surface area contributed by atoms with E-state index < -0.39 is 38.8 Å². The van der Waals surface area contributed by atoms with E-state index in [-0.39, 0.29) is 6.61 Å². The maximum atomic E-state index is 9.51. The molecule has 0 aromatic heterocycles. The summed E-state index contributed by atoms with van der Waals surface area (Å²) in [5.41, 5.74) is 3.19. The first-order valence-corrected chi connectivity index (χ1v) is 19.1. The van der Waals surface area contributed by atoms with E-state index in [0.717, 1.165) is 22.7 Å². The molecule has 7 nitrogen and oxygen atoms in total. The van der Waals surface area contributed by atoms with Crippen LogP contribution < -0.4 is 0 Å². The molecule has 0 bridgehead atoms. The second kappa shape index (κ2) is 17.8. The van der Waals surface area contributed by atoms with E-state index >= 15 is 0 Å². The highest BCUT2D eigenvalue weighted by Crippen LogP contribution is 2.31. The van der Waals surface area contributed by atoms with Gasteiger partial charge in [0, 0.05) is 27.9 Å². The number of hydrogen-bond donors (Lipinski definition) is 1. The molecule has 0 amide bonds. The Morgan fingerprint density at radius 1 is 0.628 bits per heavy atom. The molecule has 1 aliphatic heterocycles. The van der Waals surface area contributed by atoms with Gasteiger partial charge in [0.25, 0.3) is 0 Å². The molecule has 0 radical (unpaired) electrons. The summed E-state index contributed by atoms with van der Waals surface area (Å²) in [4.78, 5) is 0. The topological polar surface area (TPSA) is 75.6 Å². The van der Waals surface area contributed by atoms with Gasteiger partial charge < -0.3 is 33.5 Å². The van der Waals surface area contributed by atoms with Gasteiger partial charge in [-0.3, -0.25) is 0 Å². The zero-order valence-corrected chi connectivity index (χ0v) is 26.8. The van der Waals surface area contributed by atoms with E-state index in [9.17, 15) is 5.11 Å². The van der Waals surface area contributed by atoms with Gasteiger partial charge in [-0.05, 0) is 29.2 Å². The van der Waals surface area contributed by atoms with Gasteiger partial charge in [0.15, 0.2) is 6.29 Å². The van der Waals surface area contributed by atoms with Crippen LogP contribution in [0.1, 0.15) is 23.1 Å².